The maximum absolute atomic E-state index is 12.9. The van der Waals surface area contributed by atoms with Gasteiger partial charge in [-0.25, -0.2) is 4.39 Å². The van der Waals surface area contributed by atoms with Gasteiger partial charge in [-0.3, -0.25) is 0 Å². The molecule has 0 aliphatic carbocycles. The van der Waals surface area contributed by atoms with E-state index < -0.39 is 13.1 Å². The van der Waals surface area contributed by atoms with Crippen LogP contribution < -0.4 is 10.4 Å². The quantitative estimate of drug-likeness (QED) is 0.555. The Morgan fingerprint density at radius 1 is 1.57 bits per heavy atom. The van der Waals surface area contributed by atoms with E-state index in [0.717, 1.165) is 6.07 Å². The first kappa shape index (κ1) is 10.8. The lowest BCUT2D eigenvalue weighted by molar-refractivity contribution is 0.204. The number of hydrogen-bond acceptors (Lipinski definition) is 4. The van der Waals surface area contributed by atoms with E-state index in [1.807, 2.05) is 0 Å². The molecule has 0 heterocycles. The second kappa shape index (κ2) is 4.83. The van der Waals surface area contributed by atoms with Gasteiger partial charge in [0.25, 0.3) is 0 Å². The predicted molar refractivity (Wildman–Crippen MR) is 51.0 cm³/mol. The lowest BCUT2D eigenvalue weighted by atomic mass is 10.2. The van der Waals surface area contributed by atoms with Crippen LogP contribution in [0.15, 0.2) is 18.2 Å². The summed E-state index contributed by atoms with van der Waals surface area (Å²) < 4.78 is 22.4. The topological polar surface area (TPSA) is 64.7 Å². The largest absolute Gasteiger partial charge is 0.710 e. The molecule has 0 spiro atoms. The van der Waals surface area contributed by atoms with Crippen LogP contribution in [0.1, 0.15) is 6.92 Å². The van der Waals surface area contributed by atoms with Gasteiger partial charge >= 0.3 is 7.32 Å². The van der Waals surface area contributed by atoms with Gasteiger partial charge in [0, 0.05) is 12.7 Å². The van der Waals surface area contributed by atoms with Gasteiger partial charge in [-0.15, -0.1) is 0 Å². The molecule has 0 unspecified atom stereocenters. The number of anilines is 1. The molecule has 0 aliphatic rings. The van der Waals surface area contributed by atoms with E-state index in [4.69, 9.17) is 20.1 Å². The van der Waals surface area contributed by atoms with Gasteiger partial charge in [0.2, 0.25) is 0 Å². The second-order valence-electron chi connectivity index (χ2n) is 2.56. The molecule has 0 atom stereocenters. The van der Waals surface area contributed by atoms with E-state index >= 15 is 0 Å². The SMILES string of the molecule is CCOB(O)Oc1ccc(N)c(F)c1. The van der Waals surface area contributed by atoms with Gasteiger partial charge < -0.3 is 20.1 Å². The van der Waals surface area contributed by atoms with Crippen LogP contribution >= 0.6 is 0 Å². The monoisotopic (exact) mass is 199 g/mol. The van der Waals surface area contributed by atoms with E-state index in [0.29, 0.717) is 6.61 Å². The average molecular weight is 199 g/mol. The van der Waals surface area contributed by atoms with E-state index in [1.54, 1.807) is 6.92 Å². The van der Waals surface area contributed by atoms with Crippen LogP contribution in [0.5, 0.6) is 5.75 Å². The minimum atomic E-state index is -1.39. The van der Waals surface area contributed by atoms with Gasteiger partial charge in [0.05, 0.1) is 5.69 Å². The van der Waals surface area contributed by atoms with Gasteiger partial charge in [-0.2, -0.15) is 0 Å². The highest BCUT2D eigenvalue weighted by molar-refractivity contribution is 6.35. The van der Waals surface area contributed by atoms with Gasteiger partial charge in [-0.05, 0) is 19.1 Å². The van der Waals surface area contributed by atoms with E-state index in [1.165, 1.54) is 12.1 Å². The van der Waals surface area contributed by atoms with Crippen molar-refractivity contribution in [1.29, 1.82) is 0 Å². The van der Waals surface area contributed by atoms with E-state index in [-0.39, 0.29) is 11.4 Å². The molecule has 3 N–H and O–H groups in total. The standard InChI is InChI=1S/C8H11BFNO3/c1-2-13-9(12)14-6-3-4-8(11)7(10)5-6/h3-5,12H,2,11H2,1H3. The molecule has 0 radical (unpaired) electrons. The van der Waals surface area contributed by atoms with Crippen LogP contribution in [0.25, 0.3) is 0 Å². The second-order valence-corrected chi connectivity index (χ2v) is 2.56. The summed E-state index contributed by atoms with van der Waals surface area (Å²) in [5.74, 6) is -0.427. The molecule has 14 heavy (non-hydrogen) atoms. The first-order chi connectivity index (χ1) is 6.63. The van der Waals surface area contributed by atoms with Gasteiger partial charge in [0.15, 0.2) is 0 Å². The molecule has 0 saturated carbocycles. The Bertz CT molecular complexity index is 311. The number of nitrogens with two attached hydrogens (primary N) is 1. The highest BCUT2D eigenvalue weighted by Crippen LogP contribution is 2.18. The Morgan fingerprint density at radius 2 is 2.29 bits per heavy atom. The summed E-state index contributed by atoms with van der Waals surface area (Å²) in [6.45, 7) is 2.01. The van der Waals surface area contributed by atoms with E-state index in [2.05, 4.69) is 0 Å². The lowest BCUT2D eigenvalue weighted by Gasteiger charge is -2.08. The molecule has 0 saturated heterocycles. The summed E-state index contributed by atoms with van der Waals surface area (Å²) in [4.78, 5) is 0. The van der Waals surface area contributed by atoms with Crippen molar-refractivity contribution >= 4 is 13.0 Å². The number of benzene rings is 1. The molecule has 0 bridgehead atoms. The van der Waals surface area contributed by atoms with Crippen molar-refractivity contribution in [2.24, 2.45) is 0 Å². The fourth-order valence-corrected chi connectivity index (χ4v) is 0.874. The fourth-order valence-electron chi connectivity index (χ4n) is 0.874. The van der Waals surface area contributed by atoms with Crippen LogP contribution in [-0.4, -0.2) is 19.0 Å². The Labute approximate surface area is 81.6 Å². The molecule has 0 amide bonds. The van der Waals surface area contributed by atoms with Crippen molar-refractivity contribution in [2.45, 2.75) is 6.92 Å². The Balaban J connectivity index is 2.63. The van der Waals surface area contributed by atoms with Crippen LogP contribution in [0.3, 0.4) is 0 Å². The number of nitrogen functional groups attached to an aromatic ring is 1. The molecule has 4 nitrogen and oxygen atoms in total. The third kappa shape index (κ3) is 2.90. The summed E-state index contributed by atoms with van der Waals surface area (Å²) in [5.41, 5.74) is 5.28. The highest BCUT2D eigenvalue weighted by Gasteiger charge is 2.17. The Kier molecular flexibility index (Phi) is 3.73. The maximum atomic E-state index is 12.9. The summed E-state index contributed by atoms with van der Waals surface area (Å²) in [6, 6.07) is 3.88. The fraction of sp³-hybridized carbons (Fsp3) is 0.250. The van der Waals surface area contributed by atoms with Crippen molar-refractivity contribution < 1.29 is 18.7 Å². The molecule has 0 aliphatic heterocycles. The lowest BCUT2D eigenvalue weighted by Crippen LogP contribution is -2.26. The molecule has 0 fully saturated rings. The normalized spacial score (nSPS) is 9.93. The minimum Gasteiger partial charge on any atom is -0.512 e. The third-order valence-corrected chi connectivity index (χ3v) is 1.52. The molecular formula is C8H11BFNO3. The smallest absolute Gasteiger partial charge is 0.512 e. The van der Waals surface area contributed by atoms with Crippen LogP contribution in [0.4, 0.5) is 10.1 Å². The van der Waals surface area contributed by atoms with Crippen molar-refractivity contribution in [3.63, 3.8) is 0 Å². The summed E-state index contributed by atoms with van der Waals surface area (Å²) in [6.07, 6.45) is 0. The zero-order valence-electron chi connectivity index (χ0n) is 7.74. The first-order valence-electron chi connectivity index (χ1n) is 4.15. The van der Waals surface area contributed by atoms with Crippen LogP contribution in [-0.2, 0) is 4.65 Å². The van der Waals surface area contributed by atoms with Gasteiger partial charge in [-0.1, -0.05) is 0 Å². The Hall–Kier alpha value is -1.27. The van der Waals surface area contributed by atoms with E-state index in [9.17, 15) is 4.39 Å². The maximum Gasteiger partial charge on any atom is 0.710 e. The average Bonchev–Trinajstić information content (AvgIpc) is 2.12. The highest BCUT2D eigenvalue weighted by atomic mass is 19.1. The van der Waals surface area contributed by atoms with Crippen molar-refractivity contribution in [2.75, 3.05) is 12.3 Å². The number of rotatable bonds is 4. The zero-order valence-corrected chi connectivity index (χ0v) is 7.74. The van der Waals surface area contributed by atoms with Crippen LogP contribution in [0.2, 0.25) is 0 Å². The Morgan fingerprint density at radius 3 is 2.86 bits per heavy atom. The molecule has 6 heteroatoms. The number of halogens is 1. The molecular weight excluding hydrogens is 188 g/mol. The molecule has 1 aromatic carbocycles. The first-order valence-corrected chi connectivity index (χ1v) is 4.15. The van der Waals surface area contributed by atoms with Crippen LogP contribution in [0, 0.1) is 5.82 Å². The van der Waals surface area contributed by atoms with Gasteiger partial charge in [0.1, 0.15) is 11.6 Å². The summed E-state index contributed by atoms with van der Waals surface area (Å²) in [5, 5.41) is 9.06. The summed E-state index contributed by atoms with van der Waals surface area (Å²) >= 11 is 0. The van der Waals surface area contributed by atoms with Crippen molar-refractivity contribution in [3.05, 3.63) is 24.0 Å². The molecule has 1 aromatic rings. The van der Waals surface area contributed by atoms with Crippen molar-refractivity contribution in [1.82, 2.24) is 0 Å². The summed E-state index contributed by atoms with van der Waals surface area (Å²) in [7, 11) is -1.39. The molecule has 76 valence electrons. The predicted octanol–water partition coefficient (Wildman–Crippen LogP) is 0.800. The minimum absolute atomic E-state index is 0.0308. The molecule has 1 rings (SSSR count). The number of hydrogen-bond donors (Lipinski definition) is 2. The third-order valence-electron chi connectivity index (χ3n) is 1.52. The van der Waals surface area contributed by atoms with Crippen molar-refractivity contribution in [3.8, 4) is 5.75 Å². The molecule has 0 aromatic heterocycles. The zero-order chi connectivity index (χ0) is 10.6.